The van der Waals surface area contributed by atoms with Gasteiger partial charge in [0.2, 0.25) is 0 Å². The van der Waals surface area contributed by atoms with E-state index in [0.29, 0.717) is 12.0 Å². The number of rotatable bonds is 7. The van der Waals surface area contributed by atoms with E-state index < -0.39 is 5.54 Å². The van der Waals surface area contributed by atoms with Crippen molar-refractivity contribution in [3.05, 3.63) is 66.0 Å². The van der Waals surface area contributed by atoms with Gasteiger partial charge >= 0.3 is 6.03 Å². The molecule has 1 aliphatic carbocycles. The molecule has 2 aromatic rings. The Morgan fingerprint density at radius 3 is 2.39 bits per heavy atom. The van der Waals surface area contributed by atoms with Crippen LogP contribution in [0.2, 0.25) is 0 Å². The number of aliphatic imine (C=N–C) groups is 1. The number of hydrogen-bond acceptors (Lipinski definition) is 4. The Labute approximate surface area is 212 Å². The number of anilines is 1. The molecule has 1 spiro atoms. The van der Waals surface area contributed by atoms with Crippen molar-refractivity contribution in [1.82, 2.24) is 10.2 Å². The number of para-hydroxylation sites is 1. The average molecular weight is 491 g/mol. The summed E-state index contributed by atoms with van der Waals surface area (Å²) in [6.07, 6.45) is 8.67. The second-order valence-electron chi connectivity index (χ2n) is 10.3. The van der Waals surface area contributed by atoms with Crippen LogP contribution in [-0.2, 0) is 0 Å². The molecule has 0 aromatic heterocycles. The second-order valence-corrected chi connectivity index (χ2v) is 10.3. The fourth-order valence-corrected chi connectivity index (χ4v) is 5.91. The quantitative estimate of drug-likeness (QED) is 0.515. The van der Waals surface area contributed by atoms with Gasteiger partial charge < -0.3 is 4.90 Å². The maximum atomic E-state index is 13.2. The summed E-state index contributed by atoms with van der Waals surface area (Å²) in [5.41, 5.74) is 1.02. The lowest BCUT2D eigenvalue weighted by molar-refractivity contribution is 0.0971. The number of urea groups is 1. The molecule has 1 N–H and O–H groups in total. The Balaban J connectivity index is 1.26. The van der Waals surface area contributed by atoms with E-state index in [9.17, 15) is 14.0 Å². The third kappa shape index (κ3) is 5.21. The first-order valence-electron chi connectivity index (χ1n) is 13.3. The van der Waals surface area contributed by atoms with E-state index in [-0.39, 0.29) is 23.7 Å². The molecular weight excluding hydrogens is 455 g/mol. The largest absolute Gasteiger partial charge is 0.328 e. The SMILES string of the molecule is O=C(CCCN1CCC2(CC1)C(=NC1CCCCC1)NC(=O)N2c1ccccc1)c1ccc(F)cc1. The first kappa shape index (κ1) is 24.6. The molecule has 2 aliphatic heterocycles. The number of Topliss-reactive ketones (excluding diaryl/α,β-unsaturated/α-hetero) is 1. The van der Waals surface area contributed by atoms with Gasteiger partial charge in [0.15, 0.2) is 5.78 Å². The first-order chi connectivity index (χ1) is 17.5. The van der Waals surface area contributed by atoms with E-state index in [1.54, 1.807) is 12.1 Å². The van der Waals surface area contributed by atoms with Gasteiger partial charge in [-0.1, -0.05) is 37.5 Å². The minimum Gasteiger partial charge on any atom is -0.303 e. The molecule has 6 nitrogen and oxygen atoms in total. The number of nitrogens with one attached hydrogen (secondary N) is 1. The first-order valence-corrected chi connectivity index (χ1v) is 13.3. The van der Waals surface area contributed by atoms with Crippen molar-refractivity contribution in [3.63, 3.8) is 0 Å². The van der Waals surface area contributed by atoms with Crippen molar-refractivity contribution >= 4 is 23.3 Å². The fourth-order valence-electron chi connectivity index (χ4n) is 5.91. The molecule has 3 fully saturated rings. The van der Waals surface area contributed by atoms with Gasteiger partial charge in [-0.15, -0.1) is 0 Å². The highest BCUT2D eigenvalue weighted by Crippen LogP contribution is 2.38. The molecule has 7 heteroatoms. The van der Waals surface area contributed by atoms with Crippen LogP contribution in [0.3, 0.4) is 0 Å². The minimum absolute atomic E-state index is 0.0474. The van der Waals surface area contributed by atoms with Crippen LogP contribution in [-0.4, -0.2) is 53.8 Å². The summed E-state index contributed by atoms with van der Waals surface area (Å²) in [6, 6.07) is 15.9. The van der Waals surface area contributed by atoms with Gasteiger partial charge in [0.1, 0.15) is 17.2 Å². The number of ketones is 1. The Morgan fingerprint density at radius 1 is 1.00 bits per heavy atom. The summed E-state index contributed by atoms with van der Waals surface area (Å²) in [4.78, 5) is 35.2. The van der Waals surface area contributed by atoms with Crippen LogP contribution < -0.4 is 10.2 Å². The predicted octanol–water partition coefficient (Wildman–Crippen LogP) is 5.58. The molecule has 2 amide bonds. The average Bonchev–Trinajstić information content (AvgIpc) is 3.16. The Morgan fingerprint density at radius 2 is 1.69 bits per heavy atom. The topological polar surface area (TPSA) is 65.0 Å². The van der Waals surface area contributed by atoms with Crippen LogP contribution in [0.25, 0.3) is 0 Å². The third-order valence-electron chi connectivity index (χ3n) is 7.93. The van der Waals surface area contributed by atoms with E-state index in [1.165, 1.54) is 31.4 Å². The number of hydrogen-bond donors (Lipinski definition) is 1. The number of amidine groups is 1. The Bertz CT molecular complexity index is 1090. The van der Waals surface area contributed by atoms with E-state index in [0.717, 1.165) is 63.3 Å². The van der Waals surface area contributed by atoms with Gasteiger partial charge in [-0.3, -0.25) is 20.0 Å². The fraction of sp³-hybridized carbons (Fsp3) is 0.483. The lowest BCUT2D eigenvalue weighted by atomic mass is 9.84. The van der Waals surface area contributed by atoms with Crippen LogP contribution >= 0.6 is 0 Å². The molecule has 3 aliphatic rings. The standard InChI is InChI=1S/C29H35FN4O2/c30-23-15-13-22(14-16-23)26(35)12-7-19-33-20-17-29(18-21-33)27(31-24-8-3-1-4-9-24)32-28(36)34(29)25-10-5-2-6-11-25/h2,5-6,10-11,13-16,24H,1,3-4,7-9,12,17-21H2,(H,31,32,36). The zero-order chi connectivity index (χ0) is 25.0. The molecule has 0 atom stereocenters. The van der Waals surface area contributed by atoms with Gasteiger partial charge in [0, 0.05) is 30.8 Å². The highest BCUT2D eigenvalue weighted by molar-refractivity contribution is 6.19. The molecule has 2 saturated heterocycles. The highest BCUT2D eigenvalue weighted by Gasteiger charge is 2.53. The number of likely N-dealkylation sites (tertiary alicyclic amines) is 1. The molecule has 36 heavy (non-hydrogen) atoms. The number of carbonyl (C=O) groups excluding carboxylic acids is 2. The summed E-state index contributed by atoms with van der Waals surface area (Å²) in [5, 5.41) is 3.15. The summed E-state index contributed by atoms with van der Waals surface area (Å²) >= 11 is 0. The van der Waals surface area contributed by atoms with E-state index in [2.05, 4.69) is 10.2 Å². The van der Waals surface area contributed by atoms with Crippen molar-refractivity contribution in [2.24, 2.45) is 4.99 Å². The van der Waals surface area contributed by atoms with Gasteiger partial charge in [0.25, 0.3) is 0 Å². The third-order valence-corrected chi connectivity index (χ3v) is 7.93. The summed E-state index contributed by atoms with van der Waals surface area (Å²) in [7, 11) is 0. The normalized spacial score (nSPS) is 21.8. The number of benzene rings is 2. The highest BCUT2D eigenvalue weighted by atomic mass is 19.1. The predicted molar refractivity (Wildman–Crippen MR) is 140 cm³/mol. The smallest absolute Gasteiger partial charge is 0.303 e. The maximum absolute atomic E-state index is 13.2. The number of amides is 2. The second kappa shape index (κ2) is 10.9. The minimum atomic E-state index is -0.448. The molecular formula is C29H35FN4O2. The van der Waals surface area contributed by atoms with Crippen LogP contribution in [0.4, 0.5) is 14.9 Å². The van der Waals surface area contributed by atoms with Gasteiger partial charge in [0.05, 0.1) is 6.04 Å². The van der Waals surface area contributed by atoms with Crippen LogP contribution in [0.1, 0.15) is 68.1 Å². The zero-order valence-electron chi connectivity index (χ0n) is 20.8. The molecule has 1 saturated carbocycles. The summed E-state index contributed by atoms with van der Waals surface area (Å²) < 4.78 is 13.1. The van der Waals surface area contributed by atoms with Gasteiger partial charge in [-0.25, -0.2) is 9.18 Å². The molecule has 2 heterocycles. The van der Waals surface area contributed by atoms with Gasteiger partial charge in [-0.2, -0.15) is 0 Å². The van der Waals surface area contributed by atoms with Crippen LogP contribution in [0.15, 0.2) is 59.6 Å². The molecule has 2 aromatic carbocycles. The number of carbonyl (C=O) groups is 2. The molecule has 0 radical (unpaired) electrons. The summed E-state index contributed by atoms with van der Waals surface area (Å²) in [5.74, 6) is 0.560. The molecule has 0 unspecified atom stereocenters. The van der Waals surface area contributed by atoms with Crippen molar-refractivity contribution in [3.8, 4) is 0 Å². The van der Waals surface area contributed by atoms with Crippen LogP contribution in [0, 0.1) is 5.82 Å². The van der Waals surface area contributed by atoms with Crippen molar-refractivity contribution in [1.29, 1.82) is 0 Å². The van der Waals surface area contributed by atoms with Crippen molar-refractivity contribution < 1.29 is 14.0 Å². The Kier molecular flexibility index (Phi) is 7.46. The summed E-state index contributed by atoms with van der Waals surface area (Å²) in [6.45, 7) is 2.50. The number of piperidine rings is 1. The monoisotopic (exact) mass is 490 g/mol. The van der Waals surface area contributed by atoms with Crippen LogP contribution in [0.5, 0.6) is 0 Å². The lowest BCUT2D eigenvalue weighted by Gasteiger charge is -2.44. The molecule has 190 valence electrons. The van der Waals surface area contributed by atoms with Crippen molar-refractivity contribution in [2.75, 3.05) is 24.5 Å². The van der Waals surface area contributed by atoms with Crippen molar-refractivity contribution in [2.45, 2.75) is 69.4 Å². The Hall–Kier alpha value is -3.06. The van der Waals surface area contributed by atoms with E-state index in [4.69, 9.17) is 4.99 Å². The number of halogens is 1. The van der Waals surface area contributed by atoms with E-state index in [1.807, 2.05) is 35.2 Å². The zero-order valence-corrected chi connectivity index (χ0v) is 20.8. The van der Waals surface area contributed by atoms with Gasteiger partial charge in [-0.05, 0) is 75.0 Å². The van der Waals surface area contributed by atoms with E-state index >= 15 is 0 Å². The number of nitrogens with zero attached hydrogens (tertiary/aromatic N) is 3. The maximum Gasteiger partial charge on any atom is 0.328 e. The molecule has 5 rings (SSSR count). The molecule has 0 bridgehead atoms. The lowest BCUT2D eigenvalue weighted by Crippen LogP contribution is -2.57.